The Morgan fingerprint density at radius 2 is 1.72 bits per heavy atom. The summed E-state index contributed by atoms with van der Waals surface area (Å²) in [5.74, 6) is -0.230. The number of benzene rings is 2. The lowest BCUT2D eigenvalue weighted by atomic mass is 10.1. The summed E-state index contributed by atoms with van der Waals surface area (Å²) in [6, 6.07) is 7.05. The van der Waals surface area contributed by atoms with Gasteiger partial charge in [0.1, 0.15) is 17.5 Å². The number of halogens is 2. The minimum absolute atomic E-state index is 0.273. The Morgan fingerprint density at radius 3 is 2.32 bits per heavy atom. The van der Waals surface area contributed by atoms with Gasteiger partial charge in [0.15, 0.2) is 0 Å². The van der Waals surface area contributed by atoms with Gasteiger partial charge in [0, 0.05) is 12.5 Å². The molecule has 0 bridgehead atoms. The van der Waals surface area contributed by atoms with E-state index in [4.69, 9.17) is 0 Å². The minimum Gasteiger partial charge on any atom is -0.268 e. The average molecular weight is 344 g/mol. The van der Waals surface area contributed by atoms with E-state index in [0.29, 0.717) is 40.0 Å². The normalized spacial score (nSPS) is 10.5. The molecular weight excluding hydrogens is 322 g/mol. The zero-order valence-corrected chi connectivity index (χ0v) is 15.2. The highest BCUT2D eigenvalue weighted by atomic mass is 19.1. The van der Waals surface area contributed by atoms with Crippen molar-refractivity contribution in [1.82, 2.24) is 9.55 Å². The second-order valence-electron chi connectivity index (χ2n) is 5.57. The van der Waals surface area contributed by atoms with Crippen molar-refractivity contribution in [3.05, 3.63) is 69.3 Å². The van der Waals surface area contributed by atoms with Crippen molar-refractivity contribution >= 4 is 10.9 Å². The number of hydrogen-bond donors (Lipinski definition) is 0. The second-order valence-corrected chi connectivity index (χ2v) is 5.57. The van der Waals surface area contributed by atoms with E-state index in [0.717, 1.165) is 0 Å². The number of nitrogens with zero attached hydrogens (tertiary/aromatic N) is 2. The first kappa shape index (κ1) is 18.8. The molecule has 3 nitrogen and oxygen atoms in total. The number of aromatic nitrogens is 2. The van der Waals surface area contributed by atoms with Crippen LogP contribution >= 0.6 is 0 Å². The fourth-order valence-corrected chi connectivity index (χ4v) is 2.72. The van der Waals surface area contributed by atoms with Crippen molar-refractivity contribution in [3.8, 4) is 5.69 Å². The summed E-state index contributed by atoms with van der Waals surface area (Å²) in [6.45, 7) is 9.22. The molecule has 1 aromatic heterocycles. The van der Waals surface area contributed by atoms with E-state index in [9.17, 15) is 13.6 Å². The summed E-state index contributed by atoms with van der Waals surface area (Å²) in [4.78, 5) is 17.3. The van der Waals surface area contributed by atoms with Crippen LogP contribution in [0.5, 0.6) is 0 Å². The number of rotatable bonds is 2. The summed E-state index contributed by atoms with van der Waals surface area (Å²) in [5, 5.41) is 0.352. The van der Waals surface area contributed by atoms with E-state index >= 15 is 0 Å². The van der Waals surface area contributed by atoms with Crippen LogP contribution in [0.3, 0.4) is 0 Å². The molecule has 0 saturated carbocycles. The highest BCUT2D eigenvalue weighted by Gasteiger charge is 2.15. The van der Waals surface area contributed by atoms with Crippen LogP contribution in [-0.2, 0) is 6.42 Å². The molecule has 3 rings (SSSR count). The lowest BCUT2D eigenvalue weighted by Crippen LogP contribution is -2.24. The summed E-state index contributed by atoms with van der Waals surface area (Å²) in [5.41, 5.74) is 1.69. The fourth-order valence-electron chi connectivity index (χ4n) is 2.72. The molecule has 2 aromatic carbocycles. The van der Waals surface area contributed by atoms with Gasteiger partial charge in [0.25, 0.3) is 5.56 Å². The Balaban J connectivity index is 0.00000109. The Bertz CT molecular complexity index is 978. The summed E-state index contributed by atoms with van der Waals surface area (Å²) < 4.78 is 28.6. The van der Waals surface area contributed by atoms with Crippen LogP contribution in [0, 0.1) is 25.5 Å². The molecule has 0 unspecified atom stereocenters. The summed E-state index contributed by atoms with van der Waals surface area (Å²) in [6.07, 6.45) is 0.498. The van der Waals surface area contributed by atoms with Crippen LogP contribution in [0.1, 0.15) is 37.7 Å². The first-order valence-corrected chi connectivity index (χ1v) is 8.40. The van der Waals surface area contributed by atoms with Crippen molar-refractivity contribution in [2.45, 2.75) is 41.0 Å². The highest BCUT2D eigenvalue weighted by molar-refractivity contribution is 5.79. The average Bonchev–Trinajstić information content (AvgIpc) is 2.59. The predicted octanol–water partition coefficient (Wildman–Crippen LogP) is 4.87. The number of fused-ring (bicyclic) bond motifs is 1. The maximum Gasteiger partial charge on any atom is 0.265 e. The van der Waals surface area contributed by atoms with Gasteiger partial charge in [0.05, 0.1) is 16.6 Å². The molecule has 5 heteroatoms. The molecule has 0 spiro atoms. The monoisotopic (exact) mass is 344 g/mol. The molecule has 132 valence electrons. The quantitative estimate of drug-likeness (QED) is 0.665. The molecule has 0 aliphatic heterocycles. The largest absolute Gasteiger partial charge is 0.268 e. The molecule has 0 saturated heterocycles. The SMILES string of the molecule is CC.CCc1nc2cc(F)c(C)cc2c(=O)n1-c1ccc(F)cc1C. The van der Waals surface area contributed by atoms with E-state index in [1.165, 1.54) is 28.8 Å². The van der Waals surface area contributed by atoms with Gasteiger partial charge in [-0.25, -0.2) is 13.8 Å². The van der Waals surface area contributed by atoms with Gasteiger partial charge in [-0.2, -0.15) is 0 Å². The Morgan fingerprint density at radius 1 is 1.04 bits per heavy atom. The maximum atomic E-state index is 13.8. The van der Waals surface area contributed by atoms with Crippen molar-refractivity contribution in [2.75, 3.05) is 0 Å². The van der Waals surface area contributed by atoms with Crippen LogP contribution in [0.2, 0.25) is 0 Å². The lowest BCUT2D eigenvalue weighted by Gasteiger charge is -2.15. The molecule has 3 aromatic rings. The Kier molecular flexibility index (Phi) is 5.67. The van der Waals surface area contributed by atoms with Gasteiger partial charge < -0.3 is 0 Å². The number of aryl methyl sites for hydroxylation is 3. The van der Waals surface area contributed by atoms with Crippen molar-refractivity contribution in [3.63, 3.8) is 0 Å². The Hall–Kier alpha value is -2.56. The van der Waals surface area contributed by atoms with E-state index in [-0.39, 0.29) is 17.2 Å². The third-order valence-corrected chi connectivity index (χ3v) is 3.93. The van der Waals surface area contributed by atoms with Gasteiger partial charge in [-0.3, -0.25) is 9.36 Å². The van der Waals surface area contributed by atoms with Gasteiger partial charge >= 0.3 is 0 Å². The third kappa shape index (κ3) is 3.45. The van der Waals surface area contributed by atoms with E-state index in [1.54, 1.807) is 19.9 Å². The van der Waals surface area contributed by atoms with E-state index in [2.05, 4.69) is 4.98 Å². The Labute approximate surface area is 146 Å². The summed E-state index contributed by atoms with van der Waals surface area (Å²) in [7, 11) is 0. The zero-order chi connectivity index (χ0) is 18.7. The molecule has 25 heavy (non-hydrogen) atoms. The van der Waals surface area contributed by atoms with E-state index < -0.39 is 0 Å². The van der Waals surface area contributed by atoms with Crippen LogP contribution in [0.15, 0.2) is 35.1 Å². The standard InChI is InChI=1S/C18H16F2N2O.C2H6/c1-4-17-21-15-9-14(20)10(2)8-13(15)18(23)22(17)16-6-5-12(19)7-11(16)3;1-2/h5-9H,4H2,1-3H3;1-2H3. The van der Waals surface area contributed by atoms with Crippen LogP contribution < -0.4 is 5.56 Å². The molecule has 0 aliphatic rings. The maximum absolute atomic E-state index is 13.8. The van der Waals surface area contributed by atoms with Crippen molar-refractivity contribution in [2.24, 2.45) is 0 Å². The van der Waals surface area contributed by atoms with Crippen LogP contribution in [-0.4, -0.2) is 9.55 Å². The van der Waals surface area contributed by atoms with Gasteiger partial charge in [-0.05, 0) is 49.2 Å². The third-order valence-electron chi connectivity index (χ3n) is 3.93. The molecular formula is C20H22F2N2O. The molecule has 0 atom stereocenters. The lowest BCUT2D eigenvalue weighted by molar-refractivity contribution is 0.619. The first-order chi connectivity index (χ1) is 11.9. The molecule has 0 fully saturated rings. The van der Waals surface area contributed by atoms with Gasteiger partial charge in [-0.15, -0.1) is 0 Å². The van der Waals surface area contributed by atoms with Crippen LogP contribution in [0.25, 0.3) is 16.6 Å². The van der Waals surface area contributed by atoms with Gasteiger partial charge in [0.2, 0.25) is 0 Å². The van der Waals surface area contributed by atoms with Crippen molar-refractivity contribution < 1.29 is 8.78 Å². The smallest absolute Gasteiger partial charge is 0.265 e. The molecule has 0 N–H and O–H groups in total. The molecule has 0 radical (unpaired) electrons. The minimum atomic E-state index is -0.387. The van der Waals surface area contributed by atoms with Gasteiger partial charge in [-0.1, -0.05) is 20.8 Å². The fraction of sp³-hybridized carbons (Fsp3) is 0.300. The molecule has 0 aliphatic carbocycles. The van der Waals surface area contributed by atoms with Crippen molar-refractivity contribution in [1.29, 1.82) is 0 Å². The first-order valence-electron chi connectivity index (χ1n) is 8.40. The topological polar surface area (TPSA) is 34.9 Å². The van der Waals surface area contributed by atoms with Crippen LogP contribution in [0.4, 0.5) is 8.78 Å². The predicted molar refractivity (Wildman–Crippen MR) is 97.5 cm³/mol. The molecule has 1 heterocycles. The van der Waals surface area contributed by atoms with E-state index in [1.807, 2.05) is 20.8 Å². The second kappa shape index (κ2) is 7.55. The number of hydrogen-bond acceptors (Lipinski definition) is 2. The highest BCUT2D eigenvalue weighted by Crippen LogP contribution is 2.19. The molecule has 0 amide bonds. The summed E-state index contributed by atoms with van der Waals surface area (Å²) >= 11 is 0. The zero-order valence-electron chi connectivity index (χ0n) is 15.2.